The maximum Gasteiger partial charge on any atom is 0.332 e. The van der Waals surface area contributed by atoms with E-state index in [1.54, 1.807) is 42.6 Å². The van der Waals surface area contributed by atoms with Crippen molar-refractivity contribution in [1.82, 2.24) is 24.1 Å². The van der Waals surface area contributed by atoms with Crippen LogP contribution in [-0.4, -0.2) is 42.0 Å². The number of anilines is 1. The lowest BCUT2D eigenvalue weighted by Crippen LogP contribution is -2.34. The minimum Gasteiger partial charge on any atom is -0.282 e. The number of para-hydroxylation sites is 1. The summed E-state index contributed by atoms with van der Waals surface area (Å²) < 4.78 is 16.3. The molecule has 3 amide bonds. The number of imide groups is 1. The Balaban J connectivity index is 1.59. The Morgan fingerprint density at radius 3 is 2.45 bits per heavy atom. The van der Waals surface area contributed by atoms with Crippen molar-refractivity contribution in [1.29, 1.82) is 0 Å². The molecule has 0 radical (unpaired) electrons. The van der Waals surface area contributed by atoms with E-state index in [1.807, 2.05) is 0 Å². The van der Waals surface area contributed by atoms with Crippen LogP contribution in [-0.2, 0) is 18.4 Å². The van der Waals surface area contributed by atoms with Gasteiger partial charge in [-0.05, 0) is 43.3 Å². The number of benzene rings is 2. The normalized spacial score (nSPS) is 16.8. The Morgan fingerprint density at radius 2 is 1.71 bits per heavy atom. The molecule has 1 unspecified atom stereocenters. The van der Waals surface area contributed by atoms with Gasteiger partial charge in [0.1, 0.15) is 11.9 Å². The summed E-state index contributed by atoms with van der Waals surface area (Å²) in [4.78, 5) is 41.0. The van der Waals surface area contributed by atoms with Gasteiger partial charge in [0.25, 0.3) is 11.5 Å². The standard InChI is InChI=1S/C21H17FN6O3/c1-12-18(29)26(21(31)27(12)14-9-7-13(22)8-10-14)11-17-23-24-20-25(2)19(30)15-5-3-4-6-16(15)28(17)20/h3-10,12H,11H2,1-2H3. The summed E-state index contributed by atoms with van der Waals surface area (Å²) in [5.41, 5.74) is 0.795. The number of urea groups is 1. The second-order valence-corrected chi connectivity index (χ2v) is 7.36. The molecule has 0 spiro atoms. The average Bonchev–Trinajstić information content (AvgIpc) is 3.28. The van der Waals surface area contributed by atoms with Crippen molar-refractivity contribution in [2.75, 3.05) is 4.90 Å². The molecule has 0 N–H and O–H groups in total. The van der Waals surface area contributed by atoms with Crippen LogP contribution >= 0.6 is 0 Å². The summed E-state index contributed by atoms with van der Waals surface area (Å²) in [6.45, 7) is 1.49. The van der Waals surface area contributed by atoms with Crippen molar-refractivity contribution in [2.24, 2.45) is 7.05 Å². The number of carbonyl (C=O) groups excluding carboxylic acids is 2. The number of hydrogen-bond donors (Lipinski definition) is 0. The molecule has 0 saturated carbocycles. The second-order valence-electron chi connectivity index (χ2n) is 7.36. The summed E-state index contributed by atoms with van der Waals surface area (Å²) in [5, 5.41) is 8.72. The fraction of sp³-hybridized carbons (Fsp3) is 0.190. The van der Waals surface area contributed by atoms with Crippen LogP contribution in [0.2, 0.25) is 0 Å². The maximum absolute atomic E-state index is 13.3. The Labute approximate surface area is 174 Å². The highest BCUT2D eigenvalue weighted by Gasteiger charge is 2.43. The van der Waals surface area contributed by atoms with Gasteiger partial charge in [0, 0.05) is 12.7 Å². The molecule has 3 heterocycles. The van der Waals surface area contributed by atoms with Gasteiger partial charge in [0.2, 0.25) is 5.78 Å². The average molecular weight is 420 g/mol. The zero-order valence-corrected chi connectivity index (χ0v) is 16.7. The lowest BCUT2D eigenvalue weighted by molar-refractivity contribution is -0.127. The first-order valence-electron chi connectivity index (χ1n) is 9.60. The van der Waals surface area contributed by atoms with Gasteiger partial charge in [-0.15, -0.1) is 10.2 Å². The minimum absolute atomic E-state index is 0.122. The van der Waals surface area contributed by atoms with Gasteiger partial charge in [0.05, 0.1) is 17.4 Å². The highest BCUT2D eigenvalue weighted by molar-refractivity contribution is 6.13. The van der Waals surface area contributed by atoms with Crippen LogP contribution in [0.4, 0.5) is 14.9 Å². The highest BCUT2D eigenvalue weighted by atomic mass is 19.1. The molecule has 31 heavy (non-hydrogen) atoms. The summed E-state index contributed by atoms with van der Waals surface area (Å²) >= 11 is 0. The highest BCUT2D eigenvalue weighted by Crippen LogP contribution is 2.27. The Morgan fingerprint density at radius 1 is 1.00 bits per heavy atom. The van der Waals surface area contributed by atoms with E-state index in [0.29, 0.717) is 28.2 Å². The van der Waals surface area contributed by atoms with E-state index in [2.05, 4.69) is 10.2 Å². The van der Waals surface area contributed by atoms with Crippen LogP contribution in [0.3, 0.4) is 0 Å². The van der Waals surface area contributed by atoms with Gasteiger partial charge in [-0.3, -0.25) is 28.4 Å². The largest absolute Gasteiger partial charge is 0.332 e. The van der Waals surface area contributed by atoms with Crippen LogP contribution < -0.4 is 10.5 Å². The molecule has 1 saturated heterocycles. The van der Waals surface area contributed by atoms with Gasteiger partial charge >= 0.3 is 6.03 Å². The Hall–Kier alpha value is -4.08. The van der Waals surface area contributed by atoms with Crippen LogP contribution in [0.5, 0.6) is 0 Å². The first-order valence-corrected chi connectivity index (χ1v) is 9.60. The molecule has 4 aromatic rings. The Kier molecular flexibility index (Phi) is 4.10. The molecule has 0 bridgehead atoms. The van der Waals surface area contributed by atoms with E-state index >= 15 is 0 Å². The second kappa shape index (κ2) is 6.73. The number of rotatable bonds is 3. The van der Waals surface area contributed by atoms with Gasteiger partial charge in [-0.2, -0.15) is 0 Å². The van der Waals surface area contributed by atoms with E-state index in [-0.39, 0.29) is 12.1 Å². The lowest BCUT2D eigenvalue weighted by atomic mass is 10.2. The van der Waals surface area contributed by atoms with Gasteiger partial charge < -0.3 is 0 Å². The number of amides is 3. The minimum atomic E-state index is -0.752. The zero-order valence-electron chi connectivity index (χ0n) is 16.7. The van der Waals surface area contributed by atoms with Crippen molar-refractivity contribution in [2.45, 2.75) is 19.5 Å². The summed E-state index contributed by atoms with van der Waals surface area (Å²) in [5.74, 6) is -0.184. The zero-order chi connectivity index (χ0) is 21.9. The Bertz CT molecular complexity index is 1430. The van der Waals surface area contributed by atoms with Crippen LogP contribution in [0.1, 0.15) is 12.7 Å². The van der Waals surface area contributed by atoms with Crippen molar-refractivity contribution < 1.29 is 14.0 Å². The number of aryl methyl sites for hydroxylation is 1. The summed E-state index contributed by atoms with van der Waals surface area (Å²) in [6, 6.07) is 11.1. The van der Waals surface area contributed by atoms with Gasteiger partial charge in [0.15, 0.2) is 5.82 Å². The number of halogens is 1. The SMILES string of the molecule is CC1C(=O)N(Cc2nnc3n(C)c(=O)c4ccccc4n23)C(=O)N1c1ccc(F)cc1. The number of hydrogen-bond acceptors (Lipinski definition) is 5. The van der Waals surface area contributed by atoms with E-state index in [0.717, 1.165) is 4.90 Å². The summed E-state index contributed by atoms with van der Waals surface area (Å²) in [6.07, 6.45) is 0. The molecule has 1 fully saturated rings. The van der Waals surface area contributed by atoms with Gasteiger partial charge in [-0.25, -0.2) is 9.18 Å². The topological polar surface area (TPSA) is 92.8 Å². The third-order valence-corrected chi connectivity index (χ3v) is 5.55. The quantitative estimate of drug-likeness (QED) is 0.473. The van der Waals surface area contributed by atoms with Crippen LogP contribution in [0.15, 0.2) is 53.3 Å². The molecule has 2 aromatic carbocycles. The van der Waals surface area contributed by atoms with Crippen molar-refractivity contribution in [3.05, 3.63) is 70.5 Å². The van der Waals surface area contributed by atoms with Gasteiger partial charge in [-0.1, -0.05) is 12.1 Å². The van der Waals surface area contributed by atoms with Crippen LogP contribution in [0.25, 0.3) is 16.7 Å². The third kappa shape index (κ3) is 2.71. The van der Waals surface area contributed by atoms with E-state index < -0.39 is 23.8 Å². The maximum atomic E-state index is 13.3. The molecule has 156 valence electrons. The van der Waals surface area contributed by atoms with Crippen molar-refractivity contribution >= 4 is 34.3 Å². The van der Waals surface area contributed by atoms with E-state index in [1.165, 1.54) is 33.7 Å². The monoisotopic (exact) mass is 420 g/mol. The molecule has 0 aliphatic carbocycles. The molecular formula is C21H17FN6O3. The third-order valence-electron chi connectivity index (χ3n) is 5.55. The number of aromatic nitrogens is 4. The molecule has 1 aliphatic rings. The number of nitrogens with zero attached hydrogens (tertiary/aromatic N) is 6. The fourth-order valence-corrected chi connectivity index (χ4v) is 3.94. The molecule has 10 heteroatoms. The van der Waals surface area contributed by atoms with Crippen molar-refractivity contribution in [3.63, 3.8) is 0 Å². The molecule has 2 aromatic heterocycles. The predicted molar refractivity (Wildman–Crippen MR) is 110 cm³/mol. The predicted octanol–water partition coefficient (Wildman–Crippen LogP) is 2.08. The number of fused-ring (bicyclic) bond motifs is 3. The molecular weight excluding hydrogens is 403 g/mol. The molecule has 1 atom stereocenters. The first kappa shape index (κ1) is 18.9. The van der Waals surface area contributed by atoms with E-state index in [9.17, 15) is 18.8 Å². The fourth-order valence-electron chi connectivity index (χ4n) is 3.94. The van der Waals surface area contributed by atoms with Crippen molar-refractivity contribution in [3.8, 4) is 0 Å². The molecule has 5 rings (SSSR count). The van der Waals surface area contributed by atoms with E-state index in [4.69, 9.17) is 0 Å². The smallest absolute Gasteiger partial charge is 0.282 e. The number of carbonyl (C=O) groups is 2. The first-order chi connectivity index (χ1) is 14.9. The molecule has 1 aliphatic heterocycles. The lowest BCUT2D eigenvalue weighted by Gasteiger charge is -2.19. The molecule has 9 nitrogen and oxygen atoms in total. The summed E-state index contributed by atoms with van der Waals surface area (Å²) in [7, 11) is 1.59. The van der Waals surface area contributed by atoms with Crippen LogP contribution in [0, 0.1) is 5.82 Å².